The van der Waals surface area contributed by atoms with E-state index in [4.69, 9.17) is 0 Å². The first-order valence-electron chi connectivity index (χ1n) is 9.59. The highest BCUT2D eigenvalue weighted by Crippen LogP contribution is 2.20. The fourth-order valence-corrected chi connectivity index (χ4v) is 3.87. The molecule has 4 nitrogen and oxygen atoms in total. The highest BCUT2D eigenvalue weighted by atomic mass is 32.2. The summed E-state index contributed by atoms with van der Waals surface area (Å²) in [7, 11) is 0. The highest BCUT2D eigenvalue weighted by molar-refractivity contribution is 7.98. The Morgan fingerprint density at radius 1 is 1.15 bits per heavy atom. The number of anilines is 1. The third-order valence-electron chi connectivity index (χ3n) is 5.11. The van der Waals surface area contributed by atoms with Crippen LogP contribution in [-0.2, 0) is 6.54 Å². The van der Waals surface area contributed by atoms with Crippen molar-refractivity contribution in [2.75, 3.05) is 31.2 Å². The van der Waals surface area contributed by atoms with Crippen LogP contribution in [0.2, 0.25) is 0 Å². The standard InChI is InChI=1S/C22H29N3OS/c1-17-6-8-19(9-7-17)16-25-12-10-18(11-13-25)15-23-22(26)24-20-4-3-5-21(14-20)27-2/h3-9,14,18H,10-13,15-16H2,1-2H3,(H2,23,24,26). The maximum atomic E-state index is 12.1. The molecule has 144 valence electrons. The Bertz CT molecular complexity index is 739. The lowest BCUT2D eigenvalue weighted by atomic mass is 9.96. The fraction of sp³-hybridized carbons (Fsp3) is 0.409. The molecule has 0 aliphatic carbocycles. The van der Waals surface area contributed by atoms with Gasteiger partial charge in [0.15, 0.2) is 0 Å². The summed E-state index contributed by atoms with van der Waals surface area (Å²) in [5, 5.41) is 5.96. The van der Waals surface area contributed by atoms with Crippen molar-refractivity contribution in [2.24, 2.45) is 5.92 Å². The van der Waals surface area contributed by atoms with Crippen molar-refractivity contribution in [2.45, 2.75) is 31.2 Å². The van der Waals surface area contributed by atoms with Crippen LogP contribution in [0.5, 0.6) is 0 Å². The largest absolute Gasteiger partial charge is 0.338 e. The van der Waals surface area contributed by atoms with Crippen LogP contribution in [0.3, 0.4) is 0 Å². The minimum atomic E-state index is -0.115. The third-order valence-corrected chi connectivity index (χ3v) is 5.84. The first-order chi connectivity index (χ1) is 13.1. The minimum absolute atomic E-state index is 0.115. The van der Waals surface area contributed by atoms with Gasteiger partial charge in [0.25, 0.3) is 0 Å². The molecular formula is C22H29N3OS. The molecule has 0 radical (unpaired) electrons. The van der Waals surface area contributed by atoms with Gasteiger partial charge in [0.2, 0.25) is 0 Å². The molecule has 0 atom stereocenters. The maximum Gasteiger partial charge on any atom is 0.319 e. The van der Waals surface area contributed by atoms with Crippen LogP contribution in [0.4, 0.5) is 10.5 Å². The number of rotatable bonds is 6. The predicted octanol–water partition coefficient (Wildman–Crippen LogP) is 4.75. The number of nitrogens with one attached hydrogen (secondary N) is 2. The molecule has 1 aliphatic rings. The van der Waals surface area contributed by atoms with Crippen molar-refractivity contribution in [3.05, 3.63) is 59.7 Å². The average Bonchev–Trinajstić information content (AvgIpc) is 2.69. The molecule has 0 bridgehead atoms. The number of carbonyl (C=O) groups excluding carboxylic acids is 1. The summed E-state index contributed by atoms with van der Waals surface area (Å²) in [5.74, 6) is 0.558. The third kappa shape index (κ3) is 6.29. The molecule has 1 saturated heterocycles. The molecule has 2 amide bonds. The molecule has 3 rings (SSSR count). The van der Waals surface area contributed by atoms with Gasteiger partial charge < -0.3 is 10.6 Å². The molecule has 1 aliphatic heterocycles. The monoisotopic (exact) mass is 383 g/mol. The van der Waals surface area contributed by atoms with Crippen molar-refractivity contribution in [1.82, 2.24) is 10.2 Å². The number of benzene rings is 2. The molecule has 2 aromatic rings. The Labute approximate surface area is 166 Å². The normalized spacial score (nSPS) is 15.5. The van der Waals surface area contributed by atoms with E-state index in [1.165, 1.54) is 11.1 Å². The number of amides is 2. The van der Waals surface area contributed by atoms with Crippen molar-refractivity contribution >= 4 is 23.5 Å². The summed E-state index contributed by atoms with van der Waals surface area (Å²) in [6.45, 7) is 6.08. The van der Waals surface area contributed by atoms with E-state index in [-0.39, 0.29) is 6.03 Å². The number of nitrogens with zero attached hydrogens (tertiary/aromatic N) is 1. The van der Waals surface area contributed by atoms with Gasteiger partial charge in [-0.2, -0.15) is 0 Å². The van der Waals surface area contributed by atoms with E-state index in [0.29, 0.717) is 5.92 Å². The summed E-state index contributed by atoms with van der Waals surface area (Å²) >= 11 is 1.67. The first-order valence-corrected chi connectivity index (χ1v) is 10.8. The van der Waals surface area contributed by atoms with Gasteiger partial charge in [-0.15, -0.1) is 11.8 Å². The predicted molar refractivity (Wildman–Crippen MR) is 114 cm³/mol. The van der Waals surface area contributed by atoms with Crippen LogP contribution in [-0.4, -0.2) is 36.8 Å². The van der Waals surface area contributed by atoms with Gasteiger partial charge in [-0.25, -0.2) is 4.79 Å². The van der Waals surface area contributed by atoms with E-state index >= 15 is 0 Å². The Morgan fingerprint density at radius 3 is 2.59 bits per heavy atom. The summed E-state index contributed by atoms with van der Waals surface area (Å²) in [6, 6.07) is 16.6. The molecule has 0 saturated carbocycles. The zero-order chi connectivity index (χ0) is 19.1. The second-order valence-corrected chi connectivity index (χ2v) is 8.15. The van der Waals surface area contributed by atoms with Gasteiger partial charge in [0.1, 0.15) is 0 Å². The van der Waals surface area contributed by atoms with Crippen molar-refractivity contribution in [1.29, 1.82) is 0 Å². The maximum absolute atomic E-state index is 12.1. The quantitative estimate of drug-likeness (QED) is 0.708. The number of carbonyl (C=O) groups is 1. The molecule has 1 heterocycles. The Morgan fingerprint density at radius 2 is 1.89 bits per heavy atom. The first kappa shape index (κ1) is 19.8. The molecule has 5 heteroatoms. The van der Waals surface area contributed by atoms with Gasteiger partial charge >= 0.3 is 6.03 Å². The summed E-state index contributed by atoms with van der Waals surface area (Å²) in [4.78, 5) is 15.8. The van der Waals surface area contributed by atoms with E-state index in [1.54, 1.807) is 11.8 Å². The van der Waals surface area contributed by atoms with Crippen LogP contribution in [0.15, 0.2) is 53.4 Å². The molecule has 0 aromatic heterocycles. The average molecular weight is 384 g/mol. The SMILES string of the molecule is CSc1cccc(NC(=O)NCC2CCN(Cc3ccc(C)cc3)CC2)c1. The van der Waals surface area contributed by atoms with Crippen LogP contribution in [0, 0.1) is 12.8 Å². The number of hydrogen-bond donors (Lipinski definition) is 2. The van der Waals surface area contributed by atoms with Gasteiger partial charge in [0, 0.05) is 23.7 Å². The molecule has 0 spiro atoms. The van der Waals surface area contributed by atoms with Crippen molar-refractivity contribution in [3.8, 4) is 0 Å². The lowest BCUT2D eigenvalue weighted by molar-refractivity contribution is 0.175. The number of aryl methyl sites for hydroxylation is 1. The van der Waals surface area contributed by atoms with E-state index in [9.17, 15) is 4.79 Å². The zero-order valence-electron chi connectivity index (χ0n) is 16.2. The summed E-state index contributed by atoms with van der Waals surface area (Å²) < 4.78 is 0. The summed E-state index contributed by atoms with van der Waals surface area (Å²) in [5.41, 5.74) is 3.53. The lowest BCUT2D eigenvalue weighted by Gasteiger charge is -2.32. The summed E-state index contributed by atoms with van der Waals surface area (Å²) in [6.07, 6.45) is 4.30. The highest BCUT2D eigenvalue weighted by Gasteiger charge is 2.19. The number of hydrogen-bond acceptors (Lipinski definition) is 3. The smallest absolute Gasteiger partial charge is 0.319 e. The van der Waals surface area contributed by atoms with Gasteiger partial charge in [-0.05, 0) is 68.8 Å². The Balaban J connectivity index is 1.37. The van der Waals surface area contributed by atoms with Crippen LogP contribution >= 0.6 is 11.8 Å². The van der Waals surface area contributed by atoms with E-state index < -0.39 is 0 Å². The topological polar surface area (TPSA) is 44.4 Å². The van der Waals surface area contributed by atoms with E-state index in [0.717, 1.165) is 49.6 Å². The number of thioether (sulfide) groups is 1. The Kier molecular flexibility index (Phi) is 7.18. The molecule has 0 unspecified atom stereocenters. The Hall–Kier alpha value is -1.98. The second-order valence-electron chi connectivity index (χ2n) is 7.27. The van der Waals surface area contributed by atoms with Gasteiger partial charge in [0.05, 0.1) is 0 Å². The van der Waals surface area contributed by atoms with E-state index in [2.05, 4.69) is 46.7 Å². The van der Waals surface area contributed by atoms with Crippen LogP contribution in [0.25, 0.3) is 0 Å². The second kappa shape index (κ2) is 9.81. The molecular weight excluding hydrogens is 354 g/mol. The number of likely N-dealkylation sites (tertiary alicyclic amines) is 1. The van der Waals surface area contributed by atoms with Crippen LogP contribution < -0.4 is 10.6 Å². The van der Waals surface area contributed by atoms with Crippen molar-refractivity contribution < 1.29 is 4.79 Å². The van der Waals surface area contributed by atoms with Gasteiger partial charge in [-0.1, -0.05) is 35.9 Å². The zero-order valence-corrected chi connectivity index (χ0v) is 17.0. The van der Waals surface area contributed by atoms with Gasteiger partial charge in [-0.3, -0.25) is 4.90 Å². The molecule has 27 heavy (non-hydrogen) atoms. The lowest BCUT2D eigenvalue weighted by Crippen LogP contribution is -2.39. The molecule has 2 aromatic carbocycles. The van der Waals surface area contributed by atoms with E-state index in [1.807, 2.05) is 30.5 Å². The number of piperidine rings is 1. The fourth-order valence-electron chi connectivity index (χ4n) is 3.41. The molecule has 2 N–H and O–H groups in total. The minimum Gasteiger partial charge on any atom is -0.338 e. The number of urea groups is 1. The van der Waals surface area contributed by atoms with Crippen molar-refractivity contribution in [3.63, 3.8) is 0 Å². The molecule has 1 fully saturated rings. The van der Waals surface area contributed by atoms with Crippen LogP contribution in [0.1, 0.15) is 24.0 Å².